The molecule has 0 aromatic heterocycles. The fourth-order valence-corrected chi connectivity index (χ4v) is 2.20. The average molecular weight is 240 g/mol. The van der Waals surface area contributed by atoms with Crippen LogP contribution in [0, 0.1) is 5.92 Å². The Kier molecular flexibility index (Phi) is 3.72. The SMILES string of the molecule is CC(NCC1CCC1)c1cc(Cl)ccc1O. The summed E-state index contributed by atoms with van der Waals surface area (Å²) < 4.78 is 0. The maximum Gasteiger partial charge on any atom is 0.120 e. The van der Waals surface area contributed by atoms with Gasteiger partial charge in [-0.25, -0.2) is 0 Å². The monoisotopic (exact) mass is 239 g/mol. The average Bonchev–Trinajstić information content (AvgIpc) is 2.19. The first-order valence-electron chi connectivity index (χ1n) is 5.88. The third-order valence-electron chi connectivity index (χ3n) is 3.39. The zero-order valence-electron chi connectivity index (χ0n) is 9.54. The summed E-state index contributed by atoms with van der Waals surface area (Å²) in [7, 11) is 0. The smallest absolute Gasteiger partial charge is 0.120 e. The topological polar surface area (TPSA) is 32.3 Å². The molecule has 0 amide bonds. The van der Waals surface area contributed by atoms with Gasteiger partial charge in [-0.05, 0) is 50.4 Å². The van der Waals surface area contributed by atoms with Gasteiger partial charge in [0.1, 0.15) is 5.75 Å². The molecule has 1 aliphatic rings. The molecule has 1 fully saturated rings. The van der Waals surface area contributed by atoms with E-state index in [0.717, 1.165) is 18.0 Å². The molecule has 1 unspecified atom stereocenters. The number of hydrogen-bond donors (Lipinski definition) is 2. The molecule has 2 nitrogen and oxygen atoms in total. The number of phenols is 1. The largest absolute Gasteiger partial charge is 0.508 e. The van der Waals surface area contributed by atoms with Gasteiger partial charge in [0, 0.05) is 16.6 Å². The van der Waals surface area contributed by atoms with E-state index in [2.05, 4.69) is 12.2 Å². The Morgan fingerprint density at radius 3 is 2.88 bits per heavy atom. The molecule has 1 aliphatic carbocycles. The van der Waals surface area contributed by atoms with Crippen molar-refractivity contribution in [2.45, 2.75) is 32.2 Å². The van der Waals surface area contributed by atoms with Gasteiger partial charge in [0.05, 0.1) is 0 Å². The van der Waals surface area contributed by atoms with Gasteiger partial charge in [0.25, 0.3) is 0 Å². The molecule has 0 aliphatic heterocycles. The lowest BCUT2D eigenvalue weighted by Gasteiger charge is -2.27. The third kappa shape index (κ3) is 2.69. The van der Waals surface area contributed by atoms with Gasteiger partial charge >= 0.3 is 0 Å². The molecule has 1 atom stereocenters. The van der Waals surface area contributed by atoms with E-state index >= 15 is 0 Å². The van der Waals surface area contributed by atoms with Crippen molar-refractivity contribution >= 4 is 11.6 Å². The van der Waals surface area contributed by atoms with Crippen LogP contribution in [0.3, 0.4) is 0 Å². The summed E-state index contributed by atoms with van der Waals surface area (Å²) in [6.45, 7) is 3.09. The maximum absolute atomic E-state index is 9.74. The minimum absolute atomic E-state index is 0.152. The molecule has 0 heterocycles. The van der Waals surface area contributed by atoms with Crippen molar-refractivity contribution in [3.05, 3.63) is 28.8 Å². The van der Waals surface area contributed by atoms with Gasteiger partial charge in [-0.3, -0.25) is 0 Å². The lowest BCUT2D eigenvalue weighted by molar-refractivity contribution is 0.291. The van der Waals surface area contributed by atoms with E-state index in [1.165, 1.54) is 19.3 Å². The molecule has 2 rings (SSSR count). The van der Waals surface area contributed by atoms with Crippen molar-refractivity contribution < 1.29 is 5.11 Å². The first-order chi connectivity index (χ1) is 7.66. The molecule has 0 saturated heterocycles. The predicted molar refractivity (Wildman–Crippen MR) is 66.9 cm³/mol. The predicted octanol–water partition coefficient (Wildman–Crippen LogP) is 3.50. The number of benzene rings is 1. The lowest BCUT2D eigenvalue weighted by Crippen LogP contribution is -2.29. The van der Waals surface area contributed by atoms with E-state index in [1.54, 1.807) is 12.1 Å². The Bertz CT molecular complexity index is 363. The molecule has 3 heteroatoms. The van der Waals surface area contributed by atoms with Crippen molar-refractivity contribution in [3.8, 4) is 5.75 Å². The fourth-order valence-electron chi connectivity index (χ4n) is 2.02. The summed E-state index contributed by atoms with van der Waals surface area (Å²) in [5.41, 5.74) is 0.881. The van der Waals surface area contributed by atoms with Gasteiger partial charge in [-0.2, -0.15) is 0 Å². The van der Waals surface area contributed by atoms with E-state index in [0.29, 0.717) is 10.8 Å². The number of rotatable bonds is 4. The van der Waals surface area contributed by atoms with E-state index in [1.807, 2.05) is 6.07 Å². The van der Waals surface area contributed by atoms with Crippen molar-refractivity contribution in [2.24, 2.45) is 5.92 Å². The second-order valence-electron chi connectivity index (χ2n) is 4.63. The Hall–Kier alpha value is -0.730. The van der Waals surface area contributed by atoms with Crippen LogP contribution in [0.15, 0.2) is 18.2 Å². The van der Waals surface area contributed by atoms with Crippen LogP contribution in [0.4, 0.5) is 0 Å². The van der Waals surface area contributed by atoms with Gasteiger partial charge in [-0.1, -0.05) is 18.0 Å². The first-order valence-corrected chi connectivity index (χ1v) is 6.26. The zero-order valence-corrected chi connectivity index (χ0v) is 10.3. The Morgan fingerprint density at radius 2 is 2.25 bits per heavy atom. The van der Waals surface area contributed by atoms with E-state index < -0.39 is 0 Å². The zero-order chi connectivity index (χ0) is 11.5. The molecular weight excluding hydrogens is 222 g/mol. The number of aromatic hydroxyl groups is 1. The minimum Gasteiger partial charge on any atom is -0.508 e. The number of phenolic OH excluding ortho intramolecular Hbond substituents is 1. The molecule has 0 bridgehead atoms. The van der Waals surface area contributed by atoms with Crippen LogP contribution in [0.5, 0.6) is 5.75 Å². The summed E-state index contributed by atoms with van der Waals surface area (Å²) >= 11 is 5.92. The molecule has 0 spiro atoms. The molecule has 1 aromatic rings. The highest BCUT2D eigenvalue weighted by Gasteiger charge is 2.18. The minimum atomic E-state index is 0.152. The molecule has 88 valence electrons. The van der Waals surface area contributed by atoms with E-state index in [-0.39, 0.29) is 6.04 Å². The maximum atomic E-state index is 9.74. The van der Waals surface area contributed by atoms with E-state index in [9.17, 15) is 5.11 Å². The molecule has 0 radical (unpaired) electrons. The Morgan fingerprint density at radius 1 is 1.50 bits per heavy atom. The fraction of sp³-hybridized carbons (Fsp3) is 0.538. The summed E-state index contributed by atoms with van der Waals surface area (Å²) in [6.07, 6.45) is 4.03. The van der Waals surface area contributed by atoms with Crippen molar-refractivity contribution in [2.75, 3.05) is 6.54 Å². The van der Waals surface area contributed by atoms with Gasteiger partial charge in [0.2, 0.25) is 0 Å². The summed E-state index contributed by atoms with van der Waals surface area (Å²) in [5.74, 6) is 1.14. The molecule has 1 aromatic carbocycles. The highest BCUT2D eigenvalue weighted by atomic mass is 35.5. The highest BCUT2D eigenvalue weighted by Crippen LogP contribution is 2.29. The van der Waals surface area contributed by atoms with Crippen LogP contribution >= 0.6 is 11.6 Å². The standard InChI is InChI=1S/C13H18ClNO/c1-9(15-8-10-3-2-4-10)12-7-11(14)5-6-13(12)16/h5-7,9-10,15-16H,2-4,8H2,1H3. The third-order valence-corrected chi connectivity index (χ3v) is 3.63. The second kappa shape index (κ2) is 5.07. The highest BCUT2D eigenvalue weighted by molar-refractivity contribution is 6.30. The van der Waals surface area contributed by atoms with Crippen LogP contribution in [0.25, 0.3) is 0 Å². The van der Waals surface area contributed by atoms with Crippen LogP contribution in [-0.4, -0.2) is 11.7 Å². The normalized spacial score (nSPS) is 18.1. The van der Waals surface area contributed by atoms with Crippen LogP contribution in [0.2, 0.25) is 5.02 Å². The van der Waals surface area contributed by atoms with E-state index in [4.69, 9.17) is 11.6 Å². The number of nitrogens with one attached hydrogen (secondary N) is 1. The second-order valence-corrected chi connectivity index (χ2v) is 5.07. The summed E-state index contributed by atoms with van der Waals surface area (Å²) in [5, 5.41) is 13.9. The van der Waals surface area contributed by atoms with Gasteiger partial charge in [-0.15, -0.1) is 0 Å². The first kappa shape index (κ1) is 11.7. The van der Waals surface area contributed by atoms with Crippen LogP contribution in [0.1, 0.15) is 37.8 Å². The van der Waals surface area contributed by atoms with Gasteiger partial charge in [0.15, 0.2) is 0 Å². The Labute approximate surface area is 102 Å². The van der Waals surface area contributed by atoms with Gasteiger partial charge < -0.3 is 10.4 Å². The lowest BCUT2D eigenvalue weighted by atomic mass is 9.85. The number of halogens is 1. The Balaban J connectivity index is 1.95. The summed E-state index contributed by atoms with van der Waals surface area (Å²) in [6, 6.07) is 5.34. The van der Waals surface area contributed by atoms with Crippen molar-refractivity contribution in [1.29, 1.82) is 0 Å². The molecule has 2 N–H and O–H groups in total. The molecular formula is C13H18ClNO. The molecule has 16 heavy (non-hydrogen) atoms. The van der Waals surface area contributed by atoms with Crippen molar-refractivity contribution in [1.82, 2.24) is 5.32 Å². The molecule has 1 saturated carbocycles. The summed E-state index contributed by atoms with van der Waals surface area (Å²) in [4.78, 5) is 0. The van der Waals surface area contributed by atoms with Crippen LogP contribution < -0.4 is 5.32 Å². The van der Waals surface area contributed by atoms with Crippen molar-refractivity contribution in [3.63, 3.8) is 0 Å². The van der Waals surface area contributed by atoms with Crippen LogP contribution in [-0.2, 0) is 0 Å². The quantitative estimate of drug-likeness (QED) is 0.843. The number of hydrogen-bond acceptors (Lipinski definition) is 2.